The van der Waals surface area contributed by atoms with Gasteiger partial charge in [0.15, 0.2) is 0 Å². The monoisotopic (exact) mass is 245 g/mol. The molecule has 100 valence electrons. The van der Waals surface area contributed by atoms with Crippen LogP contribution in [0.15, 0.2) is 0 Å². The highest BCUT2D eigenvalue weighted by atomic mass is 16.5. The fourth-order valence-corrected chi connectivity index (χ4v) is 1.70. The minimum atomic E-state index is -1.28. The fraction of sp³-hybridized carbons (Fsp3) is 0.833. The highest BCUT2D eigenvalue weighted by Crippen LogP contribution is 2.20. The molecule has 2 N–H and O–H groups in total. The van der Waals surface area contributed by atoms with Crippen LogP contribution in [0, 0.1) is 5.92 Å². The van der Waals surface area contributed by atoms with Gasteiger partial charge in [-0.05, 0) is 26.2 Å². The third kappa shape index (κ3) is 5.68. The Hall–Kier alpha value is -1.10. The van der Waals surface area contributed by atoms with Crippen molar-refractivity contribution in [1.82, 2.24) is 0 Å². The molecule has 0 bridgehead atoms. The molecule has 0 aromatic heterocycles. The first-order chi connectivity index (χ1) is 7.85. The van der Waals surface area contributed by atoms with E-state index in [0.717, 1.165) is 0 Å². The van der Waals surface area contributed by atoms with Gasteiger partial charge >= 0.3 is 11.9 Å². The maximum Gasteiger partial charge on any atom is 0.326 e. The first-order valence-electron chi connectivity index (χ1n) is 5.97. The Morgan fingerprint density at radius 1 is 1.18 bits per heavy atom. The van der Waals surface area contributed by atoms with Crippen molar-refractivity contribution in [3.63, 3.8) is 0 Å². The molecule has 1 unspecified atom stereocenters. The quantitative estimate of drug-likeness (QED) is 0.683. The summed E-state index contributed by atoms with van der Waals surface area (Å²) in [6.45, 7) is 7.82. The minimum Gasteiger partial charge on any atom is -0.466 e. The molecule has 0 saturated heterocycles. The van der Waals surface area contributed by atoms with Gasteiger partial charge in [-0.15, -0.1) is 0 Å². The molecule has 0 rings (SSSR count). The second-order valence-corrected chi connectivity index (χ2v) is 4.46. The van der Waals surface area contributed by atoms with Gasteiger partial charge in [-0.2, -0.15) is 0 Å². The lowest BCUT2D eigenvalue weighted by molar-refractivity contribution is -0.157. The molecule has 5 heteroatoms. The van der Waals surface area contributed by atoms with Crippen LogP contribution in [0.3, 0.4) is 0 Å². The number of hydrogen-bond acceptors (Lipinski definition) is 5. The second kappa shape index (κ2) is 7.27. The maximum atomic E-state index is 11.8. The van der Waals surface area contributed by atoms with Gasteiger partial charge < -0.3 is 15.2 Å². The zero-order valence-corrected chi connectivity index (χ0v) is 11.1. The number of carbonyl (C=O) groups is 2. The summed E-state index contributed by atoms with van der Waals surface area (Å²) in [5, 5.41) is 0. The summed E-state index contributed by atoms with van der Waals surface area (Å²) < 4.78 is 9.74. The first-order valence-corrected chi connectivity index (χ1v) is 5.97. The molecule has 0 aliphatic carbocycles. The van der Waals surface area contributed by atoms with E-state index in [0.29, 0.717) is 6.42 Å². The lowest BCUT2D eigenvalue weighted by Crippen LogP contribution is -2.51. The van der Waals surface area contributed by atoms with E-state index in [4.69, 9.17) is 15.2 Å². The molecule has 0 aliphatic rings. The summed E-state index contributed by atoms with van der Waals surface area (Å²) in [5.74, 6) is -0.815. The molecule has 17 heavy (non-hydrogen) atoms. The molecule has 0 spiro atoms. The normalized spacial score (nSPS) is 14.2. The fourth-order valence-electron chi connectivity index (χ4n) is 1.70. The van der Waals surface area contributed by atoms with Crippen LogP contribution in [0.2, 0.25) is 0 Å². The topological polar surface area (TPSA) is 78.6 Å². The molecule has 0 amide bonds. The summed E-state index contributed by atoms with van der Waals surface area (Å²) in [5.41, 5.74) is 4.70. The van der Waals surface area contributed by atoms with Gasteiger partial charge in [-0.3, -0.25) is 9.59 Å². The summed E-state index contributed by atoms with van der Waals surface area (Å²) >= 11 is 0. The van der Waals surface area contributed by atoms with E-state index in [-0.39, 0.29) is 25.6 Å². The highest BCUT2D eigenvalue weighted by molar-refractivity contribution is 5.86. The van der Waals surface area contributed by atoms with Crippen molar-refractivity contribution in [2.45, 2.75) is 46.1 Å². The summed E-state index contributed by atoms with van der Waals surface area (Å²) in [4.78, 5) is 23.2. The summed E-state index contributed by atoms with van der Waals surface area (Å²) in [7, 11) is 0. The van der Waals surface area contributed by atoms with Crippen molar-refractivity contribution in [1.29, 1.82) is 0 Å². The van der Waals surface area contributed by atoms with Gasteiger partial charge in [-0.1, -0.05) is 13.8 Å². The van der Waals surface area contributed by atoms with Gasteiger partial charge in [0.05, 0.1) is 19.6 Å². The van der Waals surface area contributed by atoms with Gasteiger partial charge in [0.2, 0.25) is 0 Å². The number of nitrogens with two attached hydrogens (primary N) is 1. The molecular weight excluding hydrogens is 222 g/mol. The Morgan fingerprint density at radius 2 is 1.71 bits per heavy atom. The molecule has 0 saturated carbocycles. The predicted octanol–water partition coefficient (Wildman–Crippen LogP) is 1.25. The third-order valence-electron chi connectivity index (χ3n) is 2.22. The zero-order valence-electron chi connectivity index (χ0n) is 11.1. The Bertz CT molecular complexity index is 265. The molecule has 0 fully saturated rings. The summed E-state index contributed by atoms with van der Waals surface area (Å²) in [6, 6.07) is 0. The maximum absolute atomic E-state index is 11.8. The number of ether oxygens (including phenoxy) is 2. The van der Waals surface area contributed by atoms with Gasteiger partial charge in [-0.25, -0.2) is 0 Å². The van der Waals surface area contributed by atoms with Crippen molar-refractivity contribution in [2.75, 3.05) is 13.2 Å². The van der Waals surface area contributed by atoms with Crippen molar-refractivity contribution >= 4 is 11.9 Å². The average Bonchev–Trinajstić information content (AvgIpc) is 2.16. The van der Waals surface area contributed by atoms with Crippen molar-refractivity contribution in [3.8, 4) is 0 Å². The SMILES string of the molecule is CCOC(=O)CC(N)(CC(C)C)C(=O)OCC. The van der Waals surface area contributed by atoms with Crippen molar-refractivity contribution in [2.24, 2.45) is 11.7 Å². The second-order valence-electron chi connectivity index (χ2n) is 4.46. The van der Waals surface area contributed by atoms with E-state index in [1.165, 1.54) is 0 Å². The Labute approximate surface area is 103 Å². The van der Waals surface area contributed by atoms with Gasteiger partial charge in [0.25, 0.3) is 0 Å². The van der Waals surface area contributed by atoms with Crippen molar-refractivity contribution in [3.05, 3.63) is 0 Å². The van der Waals surface area contributed by atoms with Crippen LogP contribution in [0.5, 0.6) is 0 Å². The number of hydrogen-bond donors (Lipinski definition) is 1. The van der Waals surface area contributed by atoms with Crippen LogP contribution < -0.4 is 5.73 Å². The van der Waals surface area contributed by atoms with Crippen molar-refractivity contribution < 1.29 is 19.1 Å². The van der Waals surface area contributed by atoms with Crippen LogP contribution in [-0.4, -0.2) is 30.7 Å². The molecule has 0 aromatic rings. The number of carbonyl (C=O) groups excluding carboxylic acids is 2. The standard InChI is InChI=1S/C12H23NO4/c1-5-16-10(14)8-12(13,7-9(3)4)11(15)17-6-2/h9H,5-8,13H2,1-4H3. The number of rotatable bonds is 7. The predicted molar refractivity (Wildman–Crippen MR) is 64.3 cm³/mol. The Kier molecular flexibility index (Phi) is 6.80. The van der Waals surface area contributed by atoms with E-state index >= 15 is 0 Å². The van der Waals surface area contributed by atoms with E-state index < -0.39 is 17.5 Å². The Morgan fingerprint density at radius 3 is 2.12 bits per heavy atom. The van der Waals surface area contributed by atoms with E-state index in [1.54, 1.807) is 13.8 Å². The molecule has 0 heterocycles. The van der Waals surface area contributed by atoms with Crippen LogP contribution >= 0.6 is 0 Å². The molecule has 0 aromatic carbocycles. The number of esters is 2. The summed E-state index contributed by atoms with van der Waals surface area (Å²) in [6.07, 6.45) is 0.252. The Balaban J connectivity index is 4.71. The largest absolute Gasteiger partial charge is 0.466 e. The molecule has 1 atom stereocenters. The third-order valence-corrected chi connectivity index (χ3v) is 2.22. The average molecular weight is 245 g/mol. The molecule has 5 nitrogen and oxygen atoms in total. The zero-order chi connectivity index (χ0) is 13.5. The lowest BCUT2D eigenvalue weighted by atomic mass is 9.87. The van der Waals surface area contributed by atoms with Gasteiger partial charge in [0, 0.05) is 0 Å². The molecule has 0 aliphatic heterocycles. The van der Waals surface area contributed by atoms with E-state index in [1.807, 2.05) is 13.8 Å². The van der Waals surface area contributed by atoms with E-state index in [9.17, 15) is 9.59 Å². The smallest absolute Gasteiger partial charge is 0.326 e. The molecular formula is C12H23NO4. The highest BCUT2D eigenvalue weighted by Gasteiger charge is 2.39. The molecule has 0 radical (unpaired) electrons. The first kappa shape index (κ1) is 15.9. The van der Waals surface area contributed by atoms with Crippen LogP contribution in [0.1, 0.15) is 40.5 Å². The van der Waals surface area contributed by atoms with Crippen LogP contribution in [-0.2, 0) is 19.1 Å². The minimum absolute atomic E-state index is 0.141. The van der Waals surface area contributed by atoms with Crippen LogP contribution in [0.25, 0.3) is 0 Å². The lowest BCUT2D eigenvalue weighted by Gasteiger charge is -2.27. The van der Waals surface area contributed by atoms with E-state index in [2.05, 4.69) is 0 Å². The van der Waals surface area contributed by atoms with Crippen LogP contribution in [0.4, 0.5) is 0 Å². The van der Waals surface area contributed by atoms with Gasteiger partial charge in [0.1, 0.15) is 5.54 Å².